The van der Waals surface area contributed by atoms with Crippen LogP contribution in [0.3, 0.4) is 0 Å². The van der Waals surface area contributed by atoms with Gasteiger partial charge in [-0.1, -0.05) is 0 Å². The molecule has 0 spiro atoms. The minimum absolute atomic E-state index is 0.0210. The minimum Gasteiger partial charge on any atom is -0.390 e. The fourth-order valence-corrected chi connectivity index (χ4v) is 3.96. The van der Waals surface area contributed by atoms with Crippen LogP contribution < -0.4 is 11.4 Å². The molecule has 1 aromatic rings. The Balaban J connectivity index is 2.08. The number of aliphatic hydroxyl groups excluding tert-OH is 1. The highest BCUT2D eigenvalue weighted by molar-refractivity contribution is 7.60. The summed E-state index contributed by atoms with van der Waals surface area (Å²) in [5, 5.41) is 10.0. The maximum Gasteiger partial charge on any atom is 0.481 e. The summed E-state index contributed by atoms with van der Waals surface area (Å²) in [5.74, 6) is -0.0210. The maximum atomic E-state index is 12.0. The third-order valence-corrected chi connectivity index (χ3v) is 5.64. The number of hydrogen-bond acceptors (Lipinski definition) is 10. The highest BCUT2D eigenvalue weighted by Crippen LogP contribution is 2.57. The SMILES string of the molecule is COCc1cn([C@H]2C[C@H](O)[C@@H](COP(=O)(O)OP(=O)(O)O)O2)c(=O)nc1N. The van der Waals surface area contributed by atoms with E-state index in [9.17, 15) is 23.9 Å². The molecule has 1 aromatic heterocycles. The molecular formula is C11H19N3O11P2. The number of methoxy groups -OCH3 is 1. The van der Waals surface area contributed by atoms with E-state index in [-0.39, 0.29) is 18.8 Å². The largest absolute Gasteiger partial charge is 0.481 e. The molecule has 1 aliphatic heterocycles. The Hall–Kier alpha value is -1.18. The van der Waals surface area contributed by atoms with Crippen LogP contribution in [0.4, 0.5) is 5.82 Å². The van der Waals surface area contributed by atoms with Gasteiger partial charge < -0.3 is 35.0 Å². The molecule has 2 heterocycles. The van der Waals surface area contributed by atoms with E-state index in [1.54, 1.807) is 0 Å². The van der Waals surface area contributed by atoms with Crippen molar-refractivity contribution >= 4 is 21.5 Å². The van der Waals surface area contributed by atoms with Crippen molar-refractivity contribution in [1.29, 1.82) is 0 Å². The van der Waals surface area contributed by atoms with Crippen LogP contribution in [-0.4, -0.2) is 55.3 Å². The number of hydrogen-bond donors (Lipinski definition) is 5. The molecule has 0 aromatic carbocycles. The van der Waals surface area contributed by atoms with E-state index in [1.165, 1.54) is 13.3 Å². The Morgan fingerprint density at radius 3 is 2.67 bits per heavy atom. The maximum absolute atomic E-state index is 12.0. The molecule has 14 nitrogen and oxygen atoms in total. The van der Waals surface area contributed by atoms with Gasteiger partial charge in [0.15, 0.2) is 0 Å². The molecule has 0 radical (unpaired) electrons. The number of nitrogens with zero attached hydrogens (tertiary/aromatic N) is 2. The smallest absolute Gasteiger partial charge is 0.390 e. The highest BCUT2D eigenvalue weighted by atomic mass is 31.3. The number of rotatable bonds is 8. The predicted molar refractivity (Wildman–Crippen MR) is 87.1 cm³/mol. The Kier molecular flexibility index (Phi) is 6.92. The molecule has 0 bridgehead atoms. The Morgan fingerprint density at radius 2 is 2.07 bits per heavy atom. The second-order valence-electron chi connectivity index (χ2n) is 5.54. The Bertz CT molecular complexity index is 824. The molecular weight excluding hydrogens is 412 g/mol. The zero-order valence-corrected chi connectivity index (χ0v) is 15.7. The van der Waals surface area contributed by atoms with Crippen LogP contribution in [-0.2, 0) is 34.0 Å². The van der Waals surface area contributed by atoms with Crippen molar-refractivity contribution in [3.05, 3.63) is 22.2 Å². The lowest BCUT2D eigenvalue weighted by Gasteiger charge is -2.18. The fourth-order valence-electron chi connectivity index (χ4n) is 2.36. The van der Waals surface area contributed by atoms with E-state index in [0.717, 1.165) is 4.57 Å². The van der Waals surface area contributed by atoms with Gasteiger partial charge >= 0.3 is 21.3 Å². The zero-order valence-electron chi connectivity index (χ0n) is 13.9. The van der Waals surface area contributed by atoms with Gasteiger partial charge in [0, 0.05) is 25.3 Å². The first-order chi connectivity index (χ1) is 12.4. The molecule has 1 unspecified atom stereocenters. The van der Waals surface area contributed by atoms with E-state index in [0.29, 0.717) is 5.56 Å². The van der Waals surface area contributed by atoms with Crippen LogP contribution in [0.15, 0.2) is 11.0 Å². The number of ether oxygens (including phenoxy) is 2. The highest BCUT2D eigenvalue weighted by Gasteiger charge is 2.39. The van der Waals surface area contributed by atoms with Crippen molar-refractivity contribution in [2.24, 2.45) is 0 Å². The number of aromatic nitrogens is 2. The van der Waals surface area contributed by atoms with Gasteiger partial charge in [-0.25, -0.2) is 13.9 Å². The van der Waals surface area contributed by atoms with E-state index in [4.69, 9.17) is 25.0 Å². The molecule has 0 saturated carbocycles. The predicted octanol–water partition coefficient (Wildman–Crippen LogP) is -1.15. The van der Waals surface area contributed by atoms with Gasteiger partial charge in [-0.15, -0.1) is 0 Å². The molecule has 4 atom stereocenters. The van der Waals surface area contributed by atoms with Gasteiger partial charge in [-0.3, -0.25) is 9.09 Å². The Morgan fingerprint density at radius 1 is 1.41 bits per heavy atom. The number of nitrogen functional groups attached to an aromatic ring is 1. The summed E-state index contributed by atoms with van der Waals surface area (Å²) < 4.78 is 41.5. The first kappa shape index (κ1) is 22.1. The van der Waals surface area contributed by atoms with E-state index in [2.05, 4.69) is 13.8 Å². The number of phosphoric ester groups is 1. The topological polar surface area (TPSA) is 213 Å². The standard InChI is InChI=1S/C11H19N3O11P2/c1-22-4-6-3-14(11(16)13-10(6)12)9-2-7(15)8(24-9)5-23-27(20,21)25-26(17,18)19/h3,7-9,15H,2,4-5H2,1H3,(H,20,21)(H2,12,13,16)(H2,17,18,19)/t7-,8+,9+/m0/s1. The third-order valence-electron chi connectivity index (χ3n) is 3.49. The van der Waals surface area contributed by atoms with Gasteiger partial charge in [-0.05, 0) is 0 Å². The minimum atomic E-state index is -5.27. The summed E-state index contributed by atoms with van der Waals surface area (Å²) in [4.78, 5) is 42.0. The molecule has 6 N–H and O–H groups in total. The number of nitrogens with two attached hydrogens (primary N) is 1. The van der Waals surface area contributed by atoms with E-state index >= 15 is 0 Å². The quantitative estimate of drug-likeness (QED) is 0.308. The monoisotopic (exact) mass is 431 g/mol. The van der Waals surface area contributed by atoms with E-state index < -0.39 is 46.4 Å². The molecule has 16 heteroatoms. The number of phosphoric acid groups is 2. The summed E-state index contributed by atoms with van der Waals surface area (Å²) in [7, 11) is -8.93. The summed E-state index contributed by atoms with van der Waals surface area (Å²) >= 11 is 0. The van der Waals surface area contributed by atoms with Crippen LogP contribution in [0.25, 0.3) is 0 Å². The molecule has 154 valence electrons. The van der Waals surface area contributed by atoms with Gasteiger partial charge in [0.1, 0.15) is 18.1 Å². The number of anilines is 1. The molecule has 1 fully saturated rings. The first-order valence-corrected chi connectivity index (χ1v) is 10.4. The average molecular weight is 431 g/mol. The van der Waals surface area contributed by atoms with Crippen molar-refractivity contribution in [2.75, 3.05) is 19.5 Å². The summed E-state index contributed by atoms with van der Waals surface area (Å²) in [6.07, 6.45) is -2.10. The fraction of sp³-hybridized carbons (Fsp3) is 0.636. The van der Waals surface area contributed by atoms with Crippen molar-refractivity contribution in [1.82, 2.24) is 9.55 Å². The molecule has 0 amide bonds. The summed E-state index contributed by atoms with van der Waals surface area (Å²) in [6.45, 7) is -0.651. The van der Waals surface area contributed by atoms with Crippen LogP contribution in [0, 0.1) is 0 Å². The van der Waals surface area contributed by atoms with Crippen molar-refractivity contribution in [2.45, 2.75) is 31.5 Å². The second kappa shape index (κ2) is 8.45. The van der Waals surface area contributed by atoms with Crippen LogP contribution in [0.2, 0.25) is 0 Å². The summed E-state index contributed by atoms with van der Waals surface area (Å²) in [5.41, 5.74) is 5.29. The normalized spacial score (nSPS) is 25.4. The lowest BCUT2D eigenvalue weighted by atomic mass is 10.2. The van der Waals surface area contributed by atoms with Crippen molar-refractivity contribution < 1.29 is 47.2 Å². The van der Waals surface area contributed by atoms with Gasteiger partial charge in [0.2, 0.25) is 0 Å². The van der Waals surface area contributed by atoms with Crippen LogP contribution in [0.1, 0.15) is 18.2 Å². The average Bonchev–Trinajstić information content (AvgIpc) is 2.86. The van der Waals surface area contributed by atoms with Gasteiger partial charge in [0.05, 0.1) is 19.3 Å². The number of aliphatic hydroxyl groups is 1. The molecule has 1 saturated heterocycles. The third kappa shape index (κ3) is 6.16. The lowest BCUT2D eigenvalue weighted by Crippen LogP contribution is -2.29. The van der Waals surface area contributed by atoms with E-state index in [1.807, 2.05) is 0 Å². The zero-order chi connectivity index (χ0) is 20.4. The van der Waals surface area contributed by atoms with Crippen LogP contribution in [0.5, 0.6) is 0 Å². The van der Waals surface area contributed by atoms with Crippen molar-refractivity contribution in [3.8, 4) is 0 Å². The molecule has 2 rings (SSSR count). The molecule has 27 heavy (non-hydrogen) atoms. The van der Waals surface area contributed by atoms with Gasteiger partial charge in [0.25, 0.3) is 0 Å². The molecule has 1 aliphatic rings. The first-order valence-electron chi connectivity index (χ1n) is 7.36. The van der Waals surface area contributed by atoms with Gasteiger partial charge in [-0.2, -0.15) is 9.29 Å². The summed E-state index contributed by atoms with van der Waals surface area (Å²) in [6, 6.07) is 0. The second-order valence-corrected chi connectivity index (χ2v) is 8.37. The van der Waals surface area contributed by atoms with Crippen LogP contribution >= 0.6 is 15.6 Å². The lowest BCUT2D eigenvalue weighted by molar-refractivity contribution is -0.0451. The molecule has 0 aliphatic carbocycles. The Labute approximate surface area is 152 Å². The van der Waals surface area contributed by atoms with Crippen molar-refractivity contribution in [3.63, 3.8) is 0 Å².